The van der Waals surface area contributed by atoms with E-state index in [1.54, 1.807) is 0 Å². The summed E-state index contributed by atoms with van der Waals surface area (Å²) in [6.07, 6.45) is 11.1. The van der Waals surface area contributed by atoms with Crippen molar-refractivity contribution >= 4 is 77.0 Å². The Hall–Kier alpha value is -7.09. The SMILES string of the molecule is CCCCCCCCCCCCCC(=O)NCC(CC(=O)NC(C)CC(=O)NC(CC(=O)NC1COC(=O)C1)C(=O)NCCNC(=O)C(CC(=O)O)NC(=O)CNC(=O)C(CCCNC(=N)N)NC(C)=O)NC(C)=O. The highest BCUT2D eigenvalue weighted by molar-refractivity contribution is 5.94. The van der Waals surface area contributed by atoms with E-state index in [0.29, 0.717) is 12.8 Å². The molecule has 1 rings (SSSR count). The number of hydrogen-bond acceptors (Lipinski definition) is 14. The first-order valence-corrected chi connectivity index (χ1v) is 25.8. The number of amides is 10. The van der Waals surface area contributed by atoms with Crippen molar-refractivity contribution in [1.82, 2.24) is 58.5 Å². The van der Waals surface area contributed by atoms with Crippen molar-refractivity contribution in [2.75, 3.05) is 39.3 Å². The van der Waals surface area contributed by atoms with Gasteiger partial charge >= 0.3 is 11.9 Å². The fraction of sp³-hybridized carbons (Fsp3) is 0.729. The number of unbranched alkanes of at least 4 members (excludes halogenated alkanes) is 10. The van der Waals surface area contributed by atoms with Crippen LogP contribution in [0.5, 0.6) is 0 Å². The first-order valence-electron chi connectivity index (χ1n) is 25.8. The van der Waals surface area contributed by atoms with Gasteiger partial charge in [0.25, 0.3) is 0 Å². The maximum absolute atomic E-state index is 13.4. The highest BCUT2D eigenvalue weighted by atomic mass is 16.5. The highest BCUT2D eigenvalue weighted by Gasteiger charge is 2.30. The third-order valence-corrected chi connectivity index (χ3v) is 11.4. The predicted molar refractivity (Wildman–Crippen MR) is 273 cm³/mol. The van der Waals surface area contributed by atoms with Gasteiger partial charge in [-0.2, -0.15) is 0 Å². The molecular formula is C48H83N13O14. The third-order valence-electron chi connectivity index (χ3n) is 11.4. The van der Waals surface area contributed by atoms with Crippen molar-refractivity contribution in [3.63, 3.8) is 0 Å². The number of carbonyl (C=O) groups is 12. The second-order valence-electron chi connectivity index (χ2n) is 18.6. The van der Waals surface area contributed by atoms with Crippen molar-refractivity contribution in [2.45, 2.75) is 186 Å². The van der Waals surface area contributed by atoms with Gasteiger partial charge in [0.2, 0.25) is 59.1 Å². The van der Waals surface area contributed by atoms with Crippen LogP contribution in [0.1, 0.15) is 150 Å². The van der Waals surface area contributed by atoms with Gasteiger partial charge in [-0.3, -0.25) is 62.9 Å². The molecule has 0 radical (unpaired) electrons. The minimum absolute atomic E-state index is 0.00264. The predicted octanol–water partition coefficient (Wildman–Crippen LogP) is -2.02. The summed E-state index contributed by atoms with van der Waals surface area (Å²) in [6.45, 7) is 4.95. The standard InChI is InChI=1S/C48H83N13O14/c1-5-6-7-8-9-10-11-12-13-14-15-18-38(64)54-27-33(57-31(3)62)23-40(66)56-30(2)22-39(65)60-36(25-41(67)59-34-24-44(71)75-29-34)46(73)51-20-21-52-47(74)37(26-43(69)70)61-42(68)28-55-45(72)35(58-32(4)63)17-16-19-53-48(49)50/h30,33-37H,5-29H2,1-4H3,(H,51,73)(H,52,74)(H,54,64)(H,55,72)(H,56,66)(H,57,62)(H,58,63)(H,59,67)(H,60,65)(H,61,68)(H,69,70)(H4,49,50,53). The molecule has 1 fully saturated rings. The average molecular weight is 1070 g/mol. The lowest BCUT2D eigenvalue weighted by molar-refractivity contribution is -0.141. The number of carbonyl (C=O) groups excluding carboxylic acids is 11. The molecule has 15 N–H and O–H groups in total. The van der Waals surface area contributed by atoms with E-state index in [0.717, 1.165) is 25.7 Å². The summed E-state index contributed by atoms with van der Waals surface area (Å²) >= 11 is 0. The largest absolute Gasteiger partial charge is 0.481 e. The van der Waals surface area contributed by atoms with Crippen LogP contribution in [0.25, 0.3) is 0 Å². The average Bonchev–Trinajstić information content (AvgIpc) is 3.73. The zero-order chi connectivity index (χ0) is 56.1. The molecule has 1 heterocycles. The van der Waals surface area contributed by atoms with E-state index in [4.69, 9.17) is 15.9 Å². The maximum atomic E-state index is 13.4. The van der Waals surface area contributed by atoms with Crippen LogP contribution in [0.2, 0.25) is 0 Å². The molecule has 75 heavy (non-hydrogen) atoms. The number of hydrogen-bond donors (Lipinski definition) is 14. The maximum Gasteiger partial charge on any atom is 0.308 e. The fourth-order valence-corrected chi connectivity index (χ4v) is 7.74. The third kappa shape index (κ3) is 34.1. The Kier molecular flexibility index (Phi) is 33.8. The van der Waals surface area contributed by atoms with Gasteiger partial charge in [-0.05, 0) is 26.2 Å². The zero-order valence-electron chi connectivity index (χ0n) is 44.0. The Morgan fingerprint density at radius 2 is 1.15 bits per heavy atom. The minimum atomic E-state index is -1.64. The molecule has 424 valence electrons. The van der Waals surface area contributed by atoms with Gasteiger partial charge in [-0.1, -0.05) is 71.1 Å². The van der Waals surface area contributed by atoms with E-state index >= 15 is 0 Å². The quantitative estimate of drug-likeness (QED) is 0.0136. The summed E-state index contributed by atoms with van der Waals surface area (Å²) in [4.78, 5) is 150. The molecule has 10 amide bonds. The first kappa shape index (κ1) is 65.9. The zero-order valence-corrected chi connectivity index (χ0v) is 44.0. The van der Waals surface area contributed by atoms with Gasteiger partial charge < -0.3 is 74.1 Å². The summed E-state index contributed by atoms with van der Waals surface area (Å²) < 4.78 is 4.87. The lowest BCUT2D eigenvalue weighted by Gasteiger charge is -2.22. The van der Waals surface area contributed by atoms with Crippen molar-refractivity contribution in [3.8, 4) is 0 Å². The van der Waals surface area contributed by atoms with Crippen LogP contribution in [0.3, 0.4) is 0 Å². The van der Waals surface area contributed by atoms with Crippen LogP contribution in [0, 0.1) is 5.41 Å². The number of ether oxygens (including phenoxy) is 1. The molecule has 0 bridgehead atoms. The smallest absolute Gasteiger partial charge is 0.308 e. The van der Waals surface area contributed by atoms with E-state index in [9.17, 15) is 62.6 Å². The van der Waals surface area contributed by atoms with Gasteiger partial charge in [0.05, 0.1) is 37.9 Å². The van der Waals surface area contributed by atoms with E-state index in [1.165, 1.54) is 65.7 Å². The van der Waals surface area contributed by atoms with E-state index in [1.807, 2.05) is 0 Å². The van der Waals surface area contributed by atoms with E-state index < -0.39 is 121 Å². The normalized spacial score (nSPS) is 14.7. The number of nitrogens with two attached hydrogens (primary N) is 1. The van der Waals surface area contributed by atoms with Crippen LogP contribution in [0.4, 0.5) is 0 Å². The highest BCUT2D eigenvalue weighted by Crippen LogP contribution is 2.12. The fourth-order valence-electron chi connectivity index (χ4n) is 7.74. The molecule has 0 saturated carbocycles. The van der Waals surface area contributed by atoms with Crippen LogP contribution >= 0.6 is 0 Å². The number of nitrogens with one attached hydrogen (secondary N) is 12. The molecular weight excluding hydrogens is 983 g/mol. The van der Waals surface area contributed by atoms with Crippen LogP contribution in [-0.2, 0) is 62.3 Å². The van der Waals surface area contributed by atoms with E-state index in [2.05, 4.69) is 65.4 Å². The molecule has 6 atom stereocenters. The molecule has 27 heteroatoms. The Balaban J connectivity index is 2.78. The van der Waals surface area contributed by atoms with E-state index in [-0.39, 0.29) is 70.3 Å². The van der Waals surface area contributed by atoms with Gasteiger partial charge in [-0.15, -0.1) is 0 Å². The Morgan fingerprint density at radius 1 is 0.600 bits per heavy atom. The molecule has 0 aromatic carbocycles. The number of rotatable bonds is 40. The van der Waals surface area contributed by atoms with Crippen molar-refractivity contribution < 1.29 is 67.4 Å². The summed E-state index contributed by atoms with van der Waals surface area (Å²) in [7, 11) is 0. The lowest BCUT2D eigenvalue weighted by atomic mass is 10.1. The Bertz CT molecular complexity index is 1920. The number of aliphatic carboxylic acids is 1. The summed E-state index contributed by atoms with van der Waals surface area (Å²) in [5, 5.41) is 44.1. The Morgan fingerprint density at radius 3 is 1.69 bits per heavy atom. The Labute approximate surface area is 438 Å². The topological polar surface area (TPSA) is 416 Å². The molecule has 0 aromatic rings. The number of esters is 1. The molecule has 0 spiro atoms. The summed E-state index contributed by atoms with van der Waals surface area (Å²) in [5.41, 5.74) is 5.24. The van der Waals surface area contributed by atoms with Gasteiger partial charge in [0.15, 0.2) is 5.96 Å². The number of guanidine groups is 1. The number of carboxylic acid groups (broad SMARTS) is 1. The minimum Gasteiger partial charge on any atom is -0.481 e. The molecule has 27 nitrogen and oxygen atoms in total. The number of carboxylic acids is 1. The lowest BCUT2D eigenvalue weighted by Crippen LogP contribution is -2.54. The molecule has 0 aliphatic carbocycles. The van der Waals surface area contributed by atoms with Gasteiger partial charge in [-0.25, -0.2) is 0 Å². The number of cyclic esters (lactones) is 1. The van der Waals surface area contributed by atoms with Crippen LogP contribution < -0.4 is 64.2 Å². The first-order chi connectivity index (χ1) is 35.6. The molecule has 6 unspecified atom stereocenters. The second kappa shape index (κ2) is 38.5. The summed E-state index contributed by atoms with van der Waals surface area (Å²) in [6, 6.07) is -6.46. The molecule has 1 aliphatic heterocycles. The molecule has 1 aliphatic rings. The van der Waals surface area contributed by atoms with Crippen LogP contribution in [0.15, 0.2) is 0 Å². The van der Waals surface area contributed by atoms with Crippen molar-refractivity contribution in [3.05, 3.63) is 0 Å². The second-order valence-corrected chi connectivity index (χ2v) is 18.6. The van der Waals surface area contributed by atoms with Gasteiger partial charge in [0.1, 0.15) is 24.7 Å². The monoisotopic (exact) mass is 1070 g/mol. The molecule has 1 saturated heterocycles. The molecule has 0 aromatic heterocycles. The van der Waals surface area contributed by atoms with Crippen molar-refractivity contribution in [2.24, 2.45) is 5.73 Å². The van der Waals surface area contributed by atoms with Gasteiger partial charge in [0, 0.05) is 65.3 Å². The summed E-state index contributed by atoms with van der Waals surface area (Å²) in [5.74, 6) is -9.03. The van der Waals surface area contributed by atoms with Crippen molar-refractivity contribution in [1.29, 1.82) is 5.41 Å². The van der Waals surface area contributed by atoms with Crippen LogP contribution in [-0.4, -0.2) is 158 Å².